The van der Waals surface area contributed by atoms with Crippen molar-refractivity contribution in [3.8, 4) is 6.07 Å². The number of anilines is 1. The monoisotopic (exact) mass is 502 g/mol. The number of carbonyl (C=O) groups is 2. The van der Waals surface area contributed by atoms with Crippen LogP contribution in [0.5, 0.6) is 0 Å². The molecule has 0 spiro atoms. The van der Waals surface area contributed by atoms with Crippen molar-refractivity contribution in [2.45, 2.75) is 25.4 Å². The highest BCUT2D eigenvalue weighted by Gasteiger charge is 2.86. The van der Waals surface area contributed by atoms with Crippen LogP contribution in [0.15, 0.2) is 30.5 Å². The van der Waals surface area contributed by atoms with Crippen LogP contribution >= 0.6 is 0 Å². The summed E-state index contributed by atoms with van der Waals surface area (Å²) in [6, 6.07) is 8.47. The smallest absolute Gasteiger partial charge is 0.426 e. The maximum absolute atomic E-state index is 14.2. The van der Waals surface area contributed by atoms with Gasteiger partial charge in [-0.3, -0.25) is 20.1 Å². The summed E-state index contributed by atoms with van der Waals surface area (Å²) in [5, 5.41) is 9.90. The molecule has 3 heterocycles. The summed E-state index contributed by atoms with van der Waals surface area (Å²) in [6.07, 6.45) is -2.22. The zero-order valence-electron chi connectivity index (χ0n) is 19.4. The number of likely N-dealkylation sites (tertiary alicyclic amines) is 1. The Hall–Kier alpha value is -3.59. The van der Waals surface area contributed by atoms with E-state index in [9.17, 15) is 28.0 Å². The number of carbonyl (C=O) groups excluding carboxylic acids is 2. The van der Waals surface area contributed by atoms with E-state index in [1.165, 1.54) is 17.2 Å². The van der Waals surface area contributed by atoms with E-state index in [1.807, 2.05) is 6.07 Å². The summed E-state index contributed by atoms with van der Waals surface area (Å²) in [7, 11) is 0. The minimum absolute atomic E-state index is 0.118. The SMILES string of the molecule is N#Cc1ccc(N2C[C@]3(C(=O)NNC(=O)OCCN4CCCC4)C[C@]3(C(F)(F)F)C2)c2cccnc12. The summed E-state index contributed by atoms with van der Waals surface area (Å²) >= 11 is 0. The van der Waals surface area contributed by atoms with Gasteiger partial charge in [-0.1, -0.05) is 0 Å². The Kier molecular flexibility index (Phi) is 5.90. The molecule has 0 unspecified atom stereocenters. The van der Waals surface area contributed by atoms with Gasteiger partial charge in [-0.25, -0.2) is 10.2 Å². The van der Waals surface area contributed by atoms with Crippen molar-refractivity contribution in [2.75, 3.05) is 44.2 Å². The molecule has 2 aliphatic heterocycles. The molecule has 2 saturated heterocycles. The second kappa shape index (κ2) is 8.81. The van der Waals surface area contributed by atoms with E-state index >= 15 is 0 Å². The number of amides is 2. The fourth-order valence-corrected chi connectivity index (χ4v) is 5.65. The summed E-state index contributed by atoms with van der Waals surface area (Å²) in [6.45, 7) is 1.94. The largest absolute Gasteiger partial charge is 0.447 e. The van der Waals surface area contributed by atoms with Crippen LogP contribution in [0.1, 0.15) is 24.8 Å². The van der Waals surface area contributed by atoms with Gasteiger partial charge in [0.2, 0.25) is 5.91 Å². The number of nitrogens with zero attached hydrogens (tertiary/aromatic N) is 4. The number of rotatable bonds is 5. The second-order valence-electron chi connectivity index (χ2n) is 9.60. The van der Waals surface area contributed by atoms with Gasteiger partial charge in [-0.05, 0) is 56.6 Å². The zero-order chi connectivity index (χ0) is 25.6. The molecule has 9 nitrogen and oxygen atoms in total. The molecular weight excluding hydrogens is 477 g/mol. The molecule has 1 aromatic heterocycles. The van der Waals surface area contributed by atoms with Crippen molar-refractivity contribution in [2.24, 2.45) is 10.8 Å². The van der Waals surface area contributed by atoms with Crippen LogP contribution in [-0.4, -0.2) is 67.4 Å². The molecule has 1 saturated carbocycles. The minimum Gasteiger partial charge on any atom is -0.447 e. The van der Waals surface area contributed by atoms with E-state index in [-0.39, 0.29) is 19.6 Å². The first-order valence-electron chi connectivity index (χ1n) is 11.8. The Morgan fingerprint density at radius 1 is 1.17 bits per heavy atom. The molecule has 3 aliphatic rings. The fourth-order valence-electron chi connectivity index (χ4n) is 5.65. The van der Waals surface area contributed by atoms with Crippen LogP contribution < -0.4 is 15.8 Å². The van der Waals surface area contributed by atoms with Gasteiger partial charge in [0, 0.05) is 36.9 Å². The molecule has 5 rings (SSSR count). The fraction of sp³-hybridized carbons (Fsp3) is 0.500. The molecule has 1 aliphatic carbocycles. The Balaban J connectivity index is 1.30. The quantitative estimate of drug-likeness (QED) is 0.605. The Labute approximate surface area is 205 Å². The third-order valence-corrected chi connectivity index (χ3v) is 7.62. The molecule has 0 radical (unpaired) electrons. The van der Waals surface area contributed by atoms with E-state index in [2.05, 4.69) is 20.7 Å². The third-order valence-electron chi connectivity index (χ3n) is 7.62. The van der Waals surface area contributed by atoms with Crippen LogP contribution in [-0.2, 0) is 9.53 Å². The predicted molar refractivity (Wildman–Crippen MR) is 123 cm³/mol. The number of nitriles is 1. The molecule has 1 aromatic carbocycles. The van der Waals surface area contributed by atoms with Crippen molar-refractivity contribution in [3.63, 3.8) is 0 Å². The summed E-state index contributed by atoms with van der Waals surface area (Å²) < 4.78 is 47.8. The Morgan fingerprint density at radius 3 is 2.67 bits per heavy atom. The average molecular weight is 502 g/mol. The van der Waals surface area contributed by atoms with Gasteiger partial charge in [0.1, 0.15) is 18.1 Å². The number of piperidine rings is 1. The van der Waals surface area contributed by atoms with Crippen molar-refractivity contribution >= 4 is 28.6 Å². The second-order valence-corrected chi connectivity index (χ2v) is 9.60. The molecule has 0 bridgehead atoms. The maximum atomic E-state index is 14.2. The van der Waals surface area contributed by atoms with E-state index in [0.29, 0.717) is 28.7 Å². The molecule has 36 heavy (non-hydrogen) atoms. The van der Waals surface area contributed by atoms with Crippen molar-refractivity contribution in [1.29, 1.82) is 5.26 Å². The standard InChI is InChI=1S/C24H25F3N6O3/c25-24(26,27)23-13-22(23,20(34)30-31-21(35)36-11-10-32-8-1-2-9-32)14-33(15-23)18-6-5-16(12-28)19-17(18)4-3-7-29-19/h3-7H,1-2,8-11,13-15H2,(H,30,34)(H,31,35)/t22-,23-/m0/s1. The molecule has 12 heteroatoms. The van der Waals surface area contributed by atoms with Crippen molar-refractivity contribution in [1.82, 2.24) is 20.7 Å². The third kappa shape index (κ3) is 3.87. The highest BCUT2D eigenvalue weighted by Crippen LogP contribution is 2.75. The number of nitrogens with one attached hydrogen (secondary N) is 2. The Bertz CT molecular complexity index is 1240. The highest BCUT2D eigenvalue weighted by molar-refractivity contribution is 5.97. The number of ether oxygens (including phenoxy) is 1. The van der Waals surface area contributed by atoms with Gasteiger partial charge in [0.25, 0.3) is 0 Å². The van der Waals surface area contributed by atoms with Crippen LogP contribution in [0.2, 0.25) is 0 Å². The molecular formula is C24H25F3N6O3. The number of aromatic nitrogens is 1. The van der Waals surface area contributed by atoms with Crippen LogP contribution in [0.4, 0.5) is 23.7 Å². The zero-order valence-corrected chi connectivity index (χ0v) is 19.4. The maximum Gasteiger partial charge on any atom is 0.426 e. The normalized spacial score (nSPS) is 25.3. The van der Waals surface area contributed by atoms with Gasteiger partial charge >= 0.3 is 12.3 Å². The number of hydrazine groups is 1. The lowest BCUT2D eigenvalue weighted by atomic mass is 9.95. The summed E-state index contributed by atoms with van der Waals surface area (Å²) in [5.74, 6) is -0.908. The summed E-state index contributed by atoms with van der Waals surface area (Å²) in [5.41, 5.74) is 1.41. The van der Waals surface area contributed by atoms with Gasteiger partial charge in [0.15, 0.2) is 0 Å². The first-order valence-corrected chi connectivity index (χ1v) is 11.8. The van der Waals surface area contributed by atoms with Gasteiger partial charge in [-0.15, -0.1) is 0 Å². The van der Waals surface area contributed by atoms with Crippen LogP contribution in [0, 0.1) is 22.2 Å². The number of halogens is 3. The summed E-state index contributed by atoms with van der Waals surface area (Å²) in [4.78, 5) is 32.9. The molecule has 2 amide bonds. The Morgan fingerprint density at radius 2 is 1.94 bits per heavy atom. The first kappa shape index (κ1) is 24.1. The minimum atomic E-state index is -4.63. The molecule has 190 valence electrons. The van der Waals surface area contributed by atoms with Gasteiger partial charge in [-0.2, -0.15) is 18.4 Å². The number of alkyl halides is 3. The van der Waals surface area contributed by atoms with Crippen LogP contribution in [0.25, 0.3) is 10.9 Å². The van der Waals surface area contributed by atoms with E-state index in [0.717, 1.165) is 25.9 Å². The molecule has 2 N–H and O–H groups in total. The number of pyridine rings is 1. The van der Waals surface area contributed by atoms with E-state index in [1.54, 1.807) is 18.2 Å². The number of hydrogen-bond acceptors (Lipinski definition) is 7. The van der Waals surface area contributed by atoms with Gasteiger partial charge < -0.3 is 9.64 Å². The highest BCUT2D eigenvalue weighted by atomic mass is 19.4. The molecule has 2 aromatic rings. The lowest BCUT2D eigenvalue weighted by Crippen LogP contribution is -2.48. The van der Waals surface area contributed by atoms with Crippen LogP contribution in [0.3, 0.4) is 0 Å². The molecule has 3 fully saturated rings. The van der Waals surface area contributed by atoms with E-state index < -0.39 is 35.6 Å². The number of benzene rings is 1. The van der Waals surface area contributed by atoms with Gasteiger partial charge in [0.05, 0.1) is 16.5 Å². The number of hydrogen-bond donors (Lipinski definition) is 2. The average Bonchev–Trinajstić information content (AvgIpc) is 3.15. The van der Waals surface area contributed by atoms with Crippen molar-refractivity contribution < 1.29 is 27.5 Å². The number of fused-ring (bicyclic) bond motifs is 2. The van der Waals surface area contributed by atoms with Crippen molar-refractivity contribution in [3.05, 3.63) is 36.0 Å². The predicted octanol–water partition coefficient (Wildman–Crippen LogP) is 2.72. The first-order chi connectivity index (χ1) is 17.2. The lowest BCUT2D eigenvalue weighted by Gasteiger charge is -2.25. The molecule has 2 atom stereocenters. The topological polar surface area (TPSA) is 111 Å². The lowest BCUT2D eigenvalue weighted by molar-refractivity contribution is -0.191. The van der Waals surface area contributed by atoms with E-state index in [4.69, 9.17) is 4.74 Å².